The molecule has 6 heteroatoms. The average Bonchev–Trinajstić information content (AvgIpc) is 2.19. The fraction of sp³-hybridized carbons (Fsp3) is 0.400. The second-order valence-electron chi connectivity index (χ2n) is 3.38. The molecule has 0 radical (unpaired) electrons. The lowest BCUT2D eigenvalue weighted by Crippen LogP contribution is -2.26. The third kappa shape index (κ3) is 4.08. The van der Waals surface area contributed by atoms with Gasteiger partial charge < -0.3 is 0 Å². The van der Waals surface area contributed by atoms with E-state index in [4.69, 9.17) is 11.6 Å². The molecule has 0 saturated heterocycles. The highest BCUT2D eigenvalue weighted by Gasteiger charge is 2.10. The van der Waals surface area contributed by atoms with Crippen LogP contribution in [0.15, 0.2) is 18.2 Å². The maximum Gasteiger partial charge on any atom is 0.211 e. The molecule has 0 saturated carbocycles. The van der Waals surface area contributed by atoms with Gasteiger partial charge in [0.1, 0.15) is 5.82 Å². The molecule has 3 nitrogen and oxygen atoms in total. The fourth-order valence-corrected chi connectivity index (χ4v) is 2.46. The zero-order chi connectivity index (χ0) is 12.2. The fourth-order valence-electron chi connectivity index (χ4n) is 1.21. The van der Waals surface area contributed by atoms with Gasteiger partial charge in [-0.05, 0) is 24.6 Å². The van der Waals surface area contributed by atoms with Crippen LogP contribution < -0.4 is 4.72 Å². The van der Waals surface area contributed by atoms with E-state index in [2.05, 4.69) is 4.72 Å². The summed E-state index contributed by atoms with van der Waals surface area (Å²) < 4.78 is 38.2. The maximum absolute atomic E-state index is 13.2. The summed E-state index contributed by atoms with van der Waals surface area (Å²) in [7, 11) is -3.32. The van der Waals surface area contributed by atoms with Crippen molar-refractivity contribution < 1.29 is 12.8 Å². The van der Waals surface area contributed by atoms with Gasteiger partial charge in [-0.15, -0.1) is 0 Å². The van der Waals surface area contributed by atoms with Crippen LogP contribution in [0.5, 0.6) is 0 Å². The minimum Gasteiger partial charge on any atom is -0.212 e. The predicted molar refractivity (Wildman–Crippen MR) is 62.3 cm³/mol. The van der Waals surface area contributed by atoms with Crippen LogP contribution in [-0.2, 0) is 16.6 Å². The highest BCUT2D eigenvalue weighted by atomic mass is 35.5. The van der Waals surface area contributed by atoms with Crippen molar-refractivity contribution in [2.45, 2.75) is 19.9 Å². The van der Waals surface area contributed by atoms with Crippen LogP contribution >= 0.6 is 11.6 Å². The van der Waals surface area contributed by atoms with Crippen molar-refractivity contribution in [3.63, 3.8) is 0 Å². The summed E-state index contributed by atoms with van der Waals surface area (Å²) in [5.74, 6) is -0.432. The molecule has 1 rings (SSSR count). The summed E-state index contributed by atoms with van der Waals surface area (Å²) in [6, 6.07) is 4.04. The molecule has 1 N–H and O–H groups in total. The third-order valence-corrected chi connectivity index (χ3v) is 3.73. The Morgan fingerprint density at radius 3 is 2.75 bits per heavy atom. The maximum atomic E-state index is 13.2. The molecule has 0 aromatic heterocycles. The van der Waals surface area contributed by atoms with Gasteiger partial charge in [-0.25, -0.2) is 17.5 Å². The lowest BCUT2D eigenvalue weighted by molar-refractivity contribution is 0.573. The van der Waals surface area contributed by atoms with E-state index in [0.717, 1.165) is 0 Å². The Morgan fingerprint density at radius 1 is 1.44 bits per heavy atom. The first-order valence-corrected chi connectivity index (χ1v) is 6.89. The molecule has 1 aromatic rings. The molecular weight excluding hydrogens is 253 g/mol. The lowest BCUT2D eigenvalue weighted by Gasteiger charge is -2.06. The lowest BCUT2D eigenvalue weighted by atomic mass is 10.2. The van der Waals surface area contributed by atoms with Gasteiger partial charge in [0.2, 0.25) is 10.0 Å². The Labute approximate surface area is 99.7 Å². The Morgan fingerprint density at radius 2 is 2.12 bits per heavy atom. The van der Waals surface area contributed by atoms with Crippen molar-refractivity contribution in [3.8, 4) is 0 Å². The largest absolute Gasteiger partial charge is 0.212 e. The standard InChI is InChI=1S/C10H13ClFNO2S/c1-2-5-16(14,15)13-7-8-6-9(11)3-4-10(8)12/h3-4,6,13H,2,5,7H2,1H3. The van der Waals surface area contributed by atoms with Gasteiger partial charge in [-0.1, -0.05) is 18.5 Å². The van der Waals surface area contributed by atoms with Crippen LogP contribution in [0.3, 0.4) is 0 Å². The molecule has 0 unspecified atom stereocenters. The normalized spacial score (nSPS) is 11.7. The molecule has 0 atom stereocenters. The van der Waals surface area contributed by atoms with Crippen molar-refractivity contribution in [1.29, 1.82) is 0 Å². The molecule has 0 aliphatic rings. The second kappa shape index (κ2) is 5.61. The van der Waals surface area contributed by atoms with Crippen molar-refractivity contribution in [1.82, 2.24) is 4.72 Å². The SMILES string of the molecule is CCCS(=O)(=O)NCc1cc(Cl)ccc1F. The van der Waals surface area contributed by atoms with Crippen LogP contribution in [0.2, 0.25) is 5.02 Å². The van der Waals surface area contributed by atoms with E-state index < -0.39 is 15.8 Å². The van der Waals surface area contributed by atoms with E-state index in [1.165, 1.54) is 18.2 Å². The average molecular weight is 266 g/mol. The van der Waals surface area contributed by atoms with E-state index in [1.807, 2.05) is 0 Å². The van der Waals surface area contributed by atoms with E-state index in [-0.39, 0.29) is 17.9 Å². The molecule has 0 heterocycles. The summed E-state index contributed by atoms with van der Waals surface area (Å²) in [5.41, 5.74) is 0.243. The van der Waals surface area contributed by atoms with Crippen molar-refractivity contribution >= 4 is 21.6 Å². The molecule has 0 aliphatic carbocycles. The molecule has 0 fully saturated rings. The number of halogens is 2. The van der Waals surface area contributed by atoms with E-state index in [1.54, 1.807) is 6.92 Å². The Bertz CT molecular complexity index is 462. The van der Waals surface area contributed by atoms with Crippen LogP contribution in [0.4, 0.5) is 4.39 Å². The Balaban J connectivity index is 2.71. The Hall–Kier alpha value is -0.650. The molecule has 0 spiro atoms. The van der Waals surface area contributed by atoms with Crippen molar-refractivity contribution in [2.75, 3.05) is 5.75 Å². The zero-order valence-corrected chi connectivity index (χ0v) is 10.4. The third-order valence-electron chi connectivity index (χ3n) is 1.96. The summed E-state index contributed by atoms with van der Waals surface area (Å²) in [6.07, 6.45) is 0.521. The predicted octanol–water partition coefficient (Wildman–Crippen LogP) is 2.31. The zero-order valence-electron chi connectivity index (χ0n) is 8.83. The molecular formula is C10H13ClFNO2S. The van der Waals surface area contributed by atoms with Gasteiger partial charge in [0.05, 0.1) is 5.75 Å². The van der Waals surface area contributed by atoms with E-state index in [9.17, 15) is 12.8 Å². The van der Waals surface area contributed by atoms with Crippen molar-refractivity contribution in [3.05, 3.63) is 34.6 Å². The summed E-state index contributed by atoms with van der Waals surface area (Å²) in [4.78, 5) is 0. The quantitative estimate of drug-likeness (QED) is 0.888. The van der Waals surface area contributed by atoms with E-state index in [0.29, 0.717) is 11.4 Å². The minimum absolute atomic E-state index is 0.0369. The number of benzene rings is 1. The number of hydrogen-bond donors (Lipinski definition) is 1. The molecule has 16 heavy (non-hydrogen) atoms. The van der Waals surface area contributed by atoms with Crippen LogP contribution in [0.1, 0.15) is 18.9 Å². The topological polar surface area (TPSA) is 46.2 Å². The molecule has 0 amide bonds. The number of hydrogen-bond acceptors (Lipinski definition) is 2. The monoisotopic (exact) mass is 265 g/mol. The van der Waals surface area contributed by atoms with Gasteiger partial charge in [0, 0.05) is 17.1 Å². The second-order valence-corrected chi connectivity index (χ2v) is 5.74. The summed E-state index contributed by atoms with van der Waals surface area (Å²) >= 11 is 5.68. The van der Waals surface area contributed by atoms with Crippen LogP contribution in [0, 0.1) is 5.82 Å². The number of sulfonamides is 1. The Kier molecular flexibility index (Phi) is 4.70. The van der Waals surface area contributed by atoms with Gasteiger partial charge >= 0.3 is 0 Å². The first-order valence-electron chi connectivity index (χ1n) is 4.86. The first-order chi connectivity index (χ1) is 7.44. The first kappa shape index (κ1) is 13.4. The highest BCUT2D eigenvalue weighted by molar-refractivity contribution is 7.89. The van der Waals surface area contributed by atoms with Gasteiger partial charge in [0.25, 0.3) is 0 Å². The smallest absolute Gasteiger partial charge is 0.211 e. The van der Waals surface area contributed by atoms with Crippen LogP contribution in [0.25, 0.3) is 0 Å². The molecule has 90 valence electrons. The molecule has 1 aromatic carbocycles. The van der Waals surface area contributed by atoms with Gasteiger partial charge in [-0.2, -0.15) is 0 Å². The van der Waals surface area contributed by atoms with Gasteiger partial charge in [0.15, 0.2) is 0 Å². The highest BCUT2D eigenvalue weighted by Crippen LogP contribution is 2.14. The molecule has 0 bridgehead atoms. The molecule has 0 aliphatic heterocycles. The van der Waals surface area contributed by atoms with Crippen LogP contribution in [-0.4, -0.2) is 14.2 Å². The minimum atomic E-state index is -3.32. The summed E-state index contributed by atoms with van der Waals surface area (Å²) in [6.45, 7) is 1.69. The van der Waals surface area contributed by atoms with E-state index >= 15 is 0 Å². The number of rotatable bonds is 5. The van der Waals surface area contributed by atoms with Crippen molar-refractivity contribution in [2.24, 2.45) is 0 Å². The summed E-state index contributed by atoms with van der Waals surface area (Å²) in [5, 5.41) is 0.381. The van der Waals surface area contributed by atoms with Gasteiger partial charge in [-0.3, -0.25) is 0 Å². The number of nitrogens with one attached hydrogen (secondary N) is 1.